The van der Waals surface area contributed by atoms with E-state index in [1.165, 1.54) is 0 Å². The molecule has 0 atom stereocenters. The van der Waals surface area contributed by atoms with Gasteiger partial charge >= 0.3 is 0 Å². The van der Waals surface area contributed by atoms with Gasteiger partial charge in [0.15, 0.2) is 0 Å². The fourth-order valence-corrected chi connectivity index (χ4v) is 2.76. The van der Waals surface area contributed by atoms with E-state index in [1.807, 2.05) is 36.1 Å². The number of amides is 1. The van der Waals surface area contributed by atoms with Gasteiger partial charge < -0.3 is 4.90 Å². The van der Waals surface area contributed by atoms with Gasteiger partial charge in [-0.1, -0.05) is 39.0 Å². The fourth-order valence-electron chi connectivity index (χ4n) is 2.76. The highest BCUT2D eigenvalue weighted by atomic mass is 16.2. The topological polar surface area (TPSA) is 23.6 Å². The maximum atomic E-state index is 12.5. The van der Waals surface area contributed by atoms with Crippen molar-refractivity contribution in [2.75, 3.05) is 32.7 Å². The number of carbonyl (C=O) groups excluding carboxylic acids is 1. The summed E-state index contributed by atoms with van der Waals surface area (Å²) in [6.45, 7) is 13.5. The Morgan fingerprint density at radius 2 is 1.70 bits per heavy atom. The maximum absolute atomic E-state index is 12.5. The third kappa shape index (κ3) is 3.83. The van der Waals surface area contributed by atoms with E-state index in [0.29, 0.717) is 5.41 Å². The average molecular weight is 274 g/mol. The van der Waals surface area contributed by atoms with Gasteiger partial charge in [0.1, 0.15) is 0 Å². The Kier molecular flexibility index (Phi) is 4.48. The molecule has 1 fully saturated rings. The van der Waals surface area contributed by atoms with Gasteiger partial charge in [-0.2, -0.15) is 0 Å². The molecule has 1 heterocycles. The van der Waals surface area contributed by atoms with Crippen LogP contribution in [0.1, 0.15) is 36.7 Å². The summed E-state index contributed by atoms with van der Waals surface area (Å²) < 4.78 is 0. The van der Waals surface area contributed by atoms with Crippen molar-refractivity contribution in [3.05, 3.63) is 35.4 Å². The van der Waals surface area contributed by atoms with Crippen molar-refractivity contribution in [2.24, 2.45) is 5.41 Å². The zero-order chi connectivity index (χ0) is 14.8. The molecule has 0 N–H and O–H groups in total. The lowest BCUT2D eigenvalue weighted by Gasteiger charge is -2.38. The normalized spacial score (nSPS) is 17.3. The summed E-state index contributed by atoms with van der Waals surface area (Å²) in [6.07, 6.45) is 0. The molecule has 0 spiro atoms. The molecule has 0 unspecified atom stereocenters. The zero-order valence-corrected chi connectivity index (χ0v) is 13.1. The van der Waals surface area contributed by atoms with E-state index in [-0.39, 0.29) is 5.91 Å². The number of benzene rings is 1. The molecule has 1 aliphatic heterocycles. The molecular formula is C17H26N2O. The Labute approximate surface area is 122 Å². The second kappa shape index (κ2) is 5.96. The van der Waals surface area contributed by atoms with Crippen LogP contribution in [0.5, 0.6) is 0 Å². The number of piperazine rings is 1. The first-order valence-electron chi connectivity index (χ1n) is 7.44. The molecule has 110 valence electrons. The number of hydrogen-bond acceptors (Lipinski definition) is 2. The van der Waals surface area contributed by atoms with Crippen molar-refractivity contribution in [1.82, 2.24) is 9.80 Å². The third-order valence-electron chi connectivity index (χ3n) is 3.73. The molecule has 0 radical (unpaired) electrons. The van der Waals surface area contributed by atoms with Crippen molar-refractivity contribution in [3.63, 3.8) is 0 Å². The van der Waals surface area contributed by atoms with Crippen molar-refractivity contribution in [2.45, 2.75) is 27.7 Å². The molecule has 0 aromatic heterocycles. The summed E-state index contributed by atoms with van der Waals surface area (Å²) in [6, 6.07) is 7.85. The third-order valence-corrected chi connectivity index (χ3v) is 3.73. The highest BCUT2D eigenvalue weighted by Crippen LogP contribution is 2.18. The van der Waals surface area contributed by atoms with Crippen LogP contribution in [0.15, 0.2) is 24.3 Å². The quantitative estimate of drug-likeness (QED) is 0.828. The first-order chi connectivity index (χ1) is 9.37. The van der Waals surface area contributed by atoms with Gasteiger partial charge in [-0.25, -0.2) is 0 Å². The van der Waals surface area contributed by atoms with Crippen LogP contribution in [0.3, 0.4) is 0 Å². The van der Waals surface area contributed by atoms with Gasteiger partial charge in [-0.3, -0.25) is 9.69 Å². The SMILES string of the molecule is Cc1ccccc1C(=O)N1CCN(CC(C)(C)C)CC1. The minimum Gasteiger partial charge on any atom is -0.336 e. The summed E-state index contributed by atoms with van der Waals surface area (Å²) >= 11 is 0. The van der Waals surface area contributed by atoms with Gasteiger partial charge in [-0.05, 0) is 24.0 Å². The van der Waals surface area contributed by atoms with E-state index >= 15 is 0 Å². The molecule has 2 rings (SSSR count). The highest BCUT2D eigenvalue weighted by Gasteiger charge is 2.25. The van der Waals surface area contributed by atoms with Crippen LogP contribution in [0.4, 0.5) is 0 Å². The second-order valence-electron chi connectivity index (χ2n) is 6.94. The van der Waals surface area contributed by atoms with Gasteiger partial charge in [0, 0.05) is 38.3 Å². The van der Waals surface area contributed by atoms with E-state index < -0.39 is 0 Å². The van der Waals surface area contributed by atoms with Crippen LogP contribution in [0.25, 0.3) is 0 Å². The number of carbonyl (C=O) groups is 1. The maximum Gasteiger partial charge on any atom is 0.254 e. The number of hydrogen-bond donors (Lipinski definition) is 0. The first-order valence-corrected chi connectivity index (χ1v) is 7.44. The molecule has 1 saturated heterocycles. The summed E-state index contributed by atoms with van der Waals surface area (Å²) in [5, 5.41) is 0. The van der Waals surface area contributed by atoms with Gasteiger partial charge in [-0.15, -0.1) is 0 Å². The lowest BCUT2D eigenvalue weighted by molar-refractivity contribution is 0.0591. The monoisotopic (exact) mass is 274 g/mol. The number of rotatable bonds is 2. The van der Waals surface area contributed by atoms with E-state index in [2.05, 4.69) is 25.7 Å². The van der Waals surface area contributed by atoms with Crippen molar-refractivity contribution < 1.29 is 4.79 Å². The van der Waals surface area contributed by atoms with Crippen LogP contribution < -0.4 is 0 Å². The standard InChI is InChI=1S/C17H26N2O/c1-14-7-5-6-8-15(14)16(20)19-11-9-18(10-12-19)13-17(2,3)4/h5-8H,9-13H2,1-4H3. The Morgan fingerprint density at radius 1 is 1.10 bits per heavy atom. The van der Waals surface area contributed by atoms with E-state index in [4.69, 9.17) is 0 Å². The van der Waals surface area contributed by atoms with E-state index in [1.54, 1.807) is 0 Å². The van der Waals surface area contributed by atoms with E-state index in [9.17, 15) is 4.79 Å². The predicted octanol–water partition coefficient (Wildman–Crippen LogP) is 2.80. The molecule has 0 aliphatic carbocycles. The van der Waals surface area contributed by atoms with Crippen LogP contribution in [0.2, 0.25) is 0 Å². The minimum atomic E-state index is 0.179. The number of nitrogens with zero attached hydrogens (tertiary/aromatic N) is 2. The Bertz CT molecular complexity index is 468. The molecule has 20 heavy (non-hydrogen) atoms. The molecule has 1 amide bonds. The minimum absolute atomic E-state index is 0.179. The van der Waals surface area contributed by atoms with Crippen LogP contribution in [-0.2, 0) is 0 Å². The van der Waals surface area contributed by atoms with Gasteiger partial charge in [0.25, 0.3) is 5.91 Å². The van der Waals surface area contributed by atoms with Crippen molar-refractivity contribution >= 4 is 5.91 Å². The molecule has 1 aromatic carbocycles. The summed E-state index contributed by atoms with van der Waals surface area (Å²) in [5.41, 5.74) is 2.23. The molecular weight excluding hydrogens is 248 g/mol. The molecule has 1 aromatic rings. The average Bonchev–Trinajstić information content (AvgIpc) is 2.37. The second-order valence-corrected chi connectivity index (χ2v) is 6.94. The number of aryl methyl sites for hydroxylation is 1. The highest BCUT2D eigenvalue weighted by molar-refractivity contribution is 5.95. The molecule has 0 saturated carbocycles. The molecule has 3 heteroatoms. The van der Waals surface area contributed by atoms with Crippen molar-refractivity contribution in [1.29, 1.82) is 0 Å². The predicted molar refractivity (Wildman–Crippen MR) is 83.0 cm³/mol. The first kappa shape index (κ1) is 15.0. The summed E-state index contributed by atoms with van der Waals surface area (Å²) in [4.78, 5) is 17.0. The molecule has 1 aliphatic rings. The smallest absolute Gasteiger partial charge is 0.254 e. The fraction of sp³-hybridized carbons (Fsp3) is 0.588. The van der Waals surface area contributed by atoms with Crippen LogP contribution in [0, 0.1) is 12.3 Å². The zero-order valence-electron chi connectivity index (χ0n) is 13.1. The molecule has 3 nitrogen and oxygen atoms in total. The largest absolute Gasteiger partial charge is 0.336 e. The Balaban J connectivity index is 1.94. The summed E-state index contributed by atoms with van der Waals surface area (Å²) in [5.74, 6) is 0.179. The van der Waals surface area contributed by atoms with E-state index in [0.717, 1.165) is 43.9 Å². The lowest BCUT2D eigenvalue weighted by atomic mass is 9.95. The molecule has 0 bridgehead atoms. The van der Waals surface area contributed by atoms with Gasteiger partial charge in [0.2, 0.25) is 0 Å². The lowest BCUT2D eigenvalue weighted by Crippen LogP contribution is -2.50. The van der Waals surface area contributed by atoms with Gasteiger partial charge in [0.05, 0.1) is 0 Å². The van der Waals surface area contributed by atoms with Crippen molar-refractivity contribution in [3.8, 4) is 0 Å². The summed E-state index contributed by atoms with van der Waals surface area (Å²) in [7, 11) is 0. The van der Waals surface area contributed by atoms with Crippen LogP contribution >= 0.6 is 0 Å². The Morgan fingerprint density at radius 3 is 2.25 bits per heavy atom. The Hall–Kier alpha value is -1.35. The van der Waals surface area contributed by atoms with Crippen LogP contribution in [-0.4, -0.2) is 48.4 Å².